The number of aromatic nitrogens is 2. The van der Waals surface area contributed by atoms with Gasteiger partial charge in [0.1, 0.15) is 11.4 Å². The summed E-state index contributed by atoms with van der Waals surface area (Å²) in [5.74, 6) is -0.165. The van der Waals surface area contributed by atoms with Crippen LogP contribution in [0.25, 0.3) is 0 Å². The molecule has 0 atom stereocenters. The maximum absolute atomic E-state index is 10.2. The molecule has 60 valence electrons. The highest BCUT2D eigenvalue weighted by molar-refractivity contribution is 5.81. The van der Waals surface area contributed by atoms with Gasteiger partial charge in [-0.1, -0.05) is 0 Å². The maximum Gasteiger partial charge on any atom is 0.193 e. The van der Waals surface area contributed by atoms with Crippen LogP contribution in [0.1, 0.15) is 31.6 Å². The molecule has 0 fully saturated rings. The van der Waals surface area contributed by atoms with Crippen molar-refractivity contribution in [3.8, 4) is 0 Å². The Hall–Kier alpha value is -1.91. The van der Waals surface area contributed by atoms with E-state index in [1.54, 1.807) is 0 Å². The number of hydrogen-bond acceptors (Lipinski definition) is 5. The number of aldehydes is 3. The van der Waals surface area contributed by atoms with Crippen LogP contribution in [0, 0.1) is 0 Å². The number of nitrogens with zero attached hydrogens (tertiary/aromatic N) is 2. The van der Waals surface area contributed by atoms with Crippen molar-refractivity contribution in [3.63, 3.8) is 0 Å². The van der Waals surface area contributed by atoms with Crippen molar-refractivity contribution in [2.75, 3.05) is 0 Å². The van der Waals surface area contributed by atoms with E-state index in [9.17, 15) is 14.4 Å². The summed E-state index contributed by atoms with van der Waals surface area (Å²) in [6, 6.07) is 1.20. The summed E-state index contributed by atoms with van der Waals surface area (Å²) in [6.07, 6.45) is 1.27. The first-order chi connectivity index (χ1) is 5.80. The minimum atomic E-state index is -0.165. The minimum absolute atomic E-state index is 0.0224. The van der Waals surface area contributed by atoms with Crippen LogP contribution in [0.5, 0.6) is 0 Å². The van der Waals surface area contributed by atoms with Gasteiger partial charge in [0.05, 0.1) is 0 Å². The van der Waals surface area contributed by atoms with E-state index in [-0.39, 0.29) is 17.2 Å². The first-order valence-electron chi connectivity index (χ1n) is 3.04. The molecule has 0 unspecified atom stereocenters. The van der Waals surface area contributed by atoms with E-state index in [0.717, 1.165) is 0 Å². The molecule has 1 heterocycles. The van der Waals surface area contributed by atoms with Gasteiger partial charge in [-0.05, 0) is 6.07 Å². The minimum Gasteiger partial charge on any atom is -0.296 e. The molecule has 0 bridgehead atoms. The third-order valence-electron chi connectivity index (χ3n) is 1.13. The van der Waals surface area contributed by atoms with Crippen molar-refractivity contribution in [1.29, 1.82) is 0 Å². The predicted octanol–water partition coefficient (Wildman–Crippen LogP) is -0.0859. The van der Waals surface area contributed by atoms with E-state index in [1.807, 2.05) is 0 Å². The molecule has 0 radical (unpaired) electrons. The van der Waals surface area contributed by atoms with E-state index in [2.05, 4.69) is 9.97 Å². The Labute approximate surface area is 67.5 Å². The van der Waals surface area contributed by atoms with E-state index in [0.29, 0.717) is 18.9 Å². The molecule has 0 saturated carbocycles. The zero-order valence-electron chi connectivity index (χ0n) is 5.93. The molecule has 1 aromatic rings. The lowest BCUT2D eigenvalue weighted by Gasteiger charge is -1.93. The average Bonchev–Trinajstić information content (AvgIpc) is 2.16. The smallest absolute Gasteiger partial charge is 0.193 e. The van der Waals surface area contributed by atoms with Crippen molar-refractivity contribution in [1.82, 2.24) is 9.97 Å². The van der Waals surface area contributed by atoms with Crippen LogP contribution in [-0.4, -0.2) is 28.8 Å². The summed E-state index contributed by atoms with van der Waals surface area (Å²) in [6.45, 7) is 0. The van der Waals surface area contributed by atoms with Gasteiger partial charge in [-0.3, -0.25) is 14.4 Å². The summed E-state index contributed by atoms with van der Waals surface area (Å²) < 4.78 is 0. The van der Waals surface area contributed by atoms with Crippen LogP contribution >= 0.6 is 0 Å². The van der Waals surface area contributed by atoms with Gasteiger partial charge in [-0.15, -0.1) is 0 Å². The molecule has 0 spiro atoms. The van der Waals surface area contributed by atoms with Crippen molar-refractivity contribution in [2.45, 2.75) is 0 Å². The summed E-state index contributed by atoms with van der Waals surface area (Å²) in [4.78, 5) is 37.7. The zero-order valence-corrected chi connectivity index (χ0v) is 5.93. The van der Waals surface area contributed by atoms with Gasteiger partial charge in [0, 0.05) is 0 Å². The van der Waals surface area contributed by atoms with Crippen molar-refractivity contribution >= 4 is 18.9 Å². The molecule has 0 aliphatic rings. The van der Waals surface area contributed by atoms with Crippen LogP contribution in [0.2, 0.25) is 0 Å². The number of rotatable bonds is 3. The lowest BCUT2D eigenvalue weighted by atomic mass is 10.3. The Morgan fingerprint density at radius 2 is 1.42 bits per heavy atom. The van der Waals surface area contributed by atoms with Gasteiger partial charge in [0.15, 0.2) is 24.7 Å². The fourth-order valence-electron chi connectivity index (χ4n) is 0.679. The Morgan fingerprint density at radius 1 is 0.917 bits per heavy atom. The van der Waals surface area contributed by atoms with Crippen molar-refractivity contribution in [2.24, 2.45) is 0 Å². The first-order valence-corrected chi connectivity index (χ1v) is 3.04. The highest BCUT2D eigenvalue weighted by Gasteiger charge is 2.01. The monoisotopic (exact) mass is 164 g/mol. The largest absolute Gasteiger partial charge is 0.296 e. The molecule has 1 rings (SSSR count). The van der Waals surface area contributed by atoms with Crippen molar-refractivity contribution < 1.29 is 14.4 Å². The third-order valence-corrected chi connectivity index (χ3v) is 1.13. The molecular formula is C7H4N2O3. The SMILES string of the molecule is O=Cc1cc(C=O)nc(C=O)n1. The second kappa shape index (κ2) is 3.47. The Kier molecular flexibility index (Phi) is 2.37. The van der Waals surface area contributed by atoms with Crippen LogP contribution in [0.4, 0.5) is 0 Å². The summed E-state index contributed by atoms with van der Waals surface area (Å²) in [5, 5.41) is 0. The van der Waals surface area contributed by atoms with Gasteiger partial charge in [0.2, 0.25) is 0 Å². The molecule has 0 aliphatic carbocycles. The highest BCUT2D eigenvalue weighted by Crippen LogP contribution is 1.95. The third kappa shape index (κ3) is 1.57. The predicted molar refractivity (Wildman–Crippen MR) is 38.2 cm³/mol. The molecule has 12 heavy (non-hydrogen) atoms. The normalized spacial score (nSPS) is 9.00. The van der Waals surface area contributed by atoms with Crippen LogP contribution < -0.4 is 0 Å². The Bertz CT molecular complexity index is 271. The standard InChI is InChI=1S/C7H4N2O3/c10-2-5-1-6(3-11)9-7(4-12)8-5/h1-4H. The molecular weight excluding hydrogens is 160 g/mol. The second-order valence-corrected chi connectivity index (χ2v) is 1.93. The number of carbonyl (C=O) groups excluding carboxylic acids is 3. The van der Waals surface area contributed by atoms with E-state index >= 15 is 0 Å². The second-order valence-electron chi connectivity index (χ2n) is 1.93. The first kappa shape index (κ1) is 8.19. The molecule has 0 aliphatic heterocycles. The van der Waals surface area contributed by atoms with Crippen LogP contribution in [0.3, 0.4) is 0 Å². The van der Waals surface area contributed by atoms with Gasteiger partial charge >= 0.3 is 0 Å². The topological polar surface area (TPSA) is 77.0 Å². The zero-order chi connectivity index (χ0) is 8.97. The Morgan fingerprint density at radius 3 is 1.75 bits per heavy atom. The van der Waals surface area contributed by atoms with E-state index < -0.39 is 0 Å². The van der Waals surface area contributed by atoms with Gasteiger partial charge in [-0.2, -0.15) is 0 Å². The van der Waals surface area contributed by atoms with Crippen LogP contribution in [0.15, 0.2) is 6.07 Å². The maximum atomic E-state index is 10.2. The molecule has 5 heteroatoms. The quantitative estimate of drug-likeness (QED) is 0.583. The average molecular weight is 164 g/mol. The lowest BCUT2D eigenvalue weighted by molar-refractivity contribution is 0.111. The molecule has 0 aromatic carbocycles. The summed E-state index contributed by atoms with van der Waals surface area (Å²) in [7, 11) is 0. The molecule has 0 amide bonds. The number of carbonyl (C=O) groups is 3. The van der Waals surface area contributed by atoms with E-state index in [4.69, 9.17) is 0 Å². The molecule has 0 saturated heterocycles. The van der Waals surface area contributed by atoms with Crippen molar-refractivity contribution in [3.05, 3.63) is 23.3 Å². The Balaban J connectivity index is 3.26. The summed E-state index contributed by atoms with van der Waals surface area (Å²) >= 11 is 0. The molecule has 5 nitrogen and oxygen atoms in total. The number of hydrogen-bond donors (Lipinski definition) is 0. The van der Waals surface area contributed by atoms with E-state index in [1.165, 1.54) is 6.07 Å². The fourth-order valence-corrected chi connectivity index (χ4v) is 0.679. The fraction of sp³-hybridized carbons (Fsp3) is 0. The van der Waals surface area contributed by atoms with Crippen LogP contribution in [-0.2, 0) is 0 Å². The van der Waals surface area contributed by atoms with Gasteiger partial charge in [0.25, 0.3) is 0 Å². The molecule has 1 aromatic heterocycles. The highest BCUT2D eigenvalue weighted by atomic mass is 16.1. The molecule has 0 N–H and O–H groups in total. The lowest BCUT2D eigenvalue weighted by Crippen LogP contribution is -2.01. The van der Waals surface area contributed by atoms with Gasteiger partial charge < -0.3 is 0 Å². The van der Waals surface area contributed by atoms with Gasteiger partial charge in [-0.25, -0.2) is 9.97 Å². The summed E-state index contributed by atoms with van der Waals surface area (Å²) in [5.41, 5.74) is 0.0448.